The largest absolute Gasteiger partial charge is 0.351 e. The standard InChI is InChI=1S/C24H28N4O/c1-27(18-19-9-4-2-5-10-19)16-8-15-25-24(29)23-17-22(20-13-14-20)26-28(23)21-11-6-3-7-12-21/h2-7,9-12,17,20H,8,13-16,18H2,1H3,(H,25,29). The van der Waals surface area contributed by atoms with Crippen molar-refractivity contribution in [2.24, 2.45) is 0 Å². The molecule has 0 spiro atoms. The summed E-state index contributed by atoms with van der Waals surface area (Å²) >= 11 is 0. The minimum Gasteiger partial charge on any atom is -0.351 e. The van der Waals surface area contributed by atoms with Gasteiger partial charge in [-0.05, 0) is 56.6 Å². The molecule has 0 radical (unpaired) electrons. The number of carbonyl (C=O) groups is 1. The minimum atomic E-state index is -0.0565. The van der Waals surface area contributed by atoms with Crippen molar-refractivity contribution in [3.8, 4) is 5.69 Å². The van der Waals surface area contributed by atoms with Crippen LogP contribution in [0.5, 0.6) is 0 Å². The summed E-state index contributed by atoms with van der Waals surface area (Å²) in [5.41, 5.74) is 3.88. The van der Waals surface area contributed by atoms with Crippen LogP contribution >= 0.6 is 0 Å². The molecule has 1 saturated carbocycles. The maximum absolute atomic E-state index is 12.8. The summed E-state index contributed by atoms with van der Waals surface area (Å²) in [6.07, 6.45) is 3.24. The first-order valence-electron chi connectivity index (χ1n) is 10.4. The first-order valence-corrected chi connectivity index (χ1v) is 10.4. The molecule has 4 rings (SSSR count). The topological polar surface area (TPSA) is 50.2 Å². The molecule has 0 atom stereocenters. The first kappa shape index (κ1) is 19.4. The van der Waals surface area contributed by atoms with Crippen molar-refractivity contribution in [1.82, 2.24) is 20.0 Å². The Morgan fingerprint density at radius 2 is 1.79 bits per heavy atom. The van der Waals surface area contributed by atoms with E-state index in [0.717, 1.165) is 30.9 Å². The fourth-order valence-electron chi connectivity index (χ4n) is 3.52. The molecule has 1 aliphatic carbocycles. The SMILES string of the molecule is CN(CCCNC(=O)c1cc(C2CC2)nn1-c1ccccc1)Cc1ccccc1. The van der Waals surface area contributed by atoms with Gasteiger partial charge in [-0.1, -0.05) is 48.5 Å². The van der Waals surface area contributed by atoms with E-state index in [1.807, 2.05) is 42.5 Å². The van der Waals surface area contributed by atoms with E-state index in [0.29, 0.717) is 18.2 Å². The van der Waals surface area contributed by atoms with Crippen molar-refractivity contribution in [1.29, 1.82) is 0 Å². The lowest BCUT2D eigenvalue weighted by molar-refractivity contribution is 0.0944. The van der Waals surface area contributed by atoms with Crippen LogP contribution in [0.4, 0.5) is 0 Å². The molecule has 5 nitrogen and oxygen atoms in total. The van der Waals surface area contributed by atoms with Crippen molar-refractivity contribution in [3.05, 3.63) is 83.7 Å². The summed E-state index contributed by atoms with van der Waals surface area (Å²) < 4.78 is 1.78. The second-order valence-corrected chi connectivity index (χ2v) is 7.81. The zero-order valence-corrected chi connectivity index (χ0v) is 16.9. The number of para-hydroxylation sites is 1. The molecule has 150 valence electrons. The van der Waals surface area contributed by atoms with Gasteiger partial charge in [0.2, 0.25) is 0 Å². The lowest BCUT2D eigenvalue weighted by atomic mass is 10.2. The molecule has 1 N–H and O–H groups in total. The molecule has 0 bridgehead atoms. The van der Waals surface area contributed by atoms with Gasteiger partial charge in [0, 0.05) is 19.0 Å². The van der Waals surface area contributed by atoms with Gasteiger partial charge in [0.25, 0.3) is 5.91 Å². The van der Waals surface area contributed by atoms with Gasteiger partial charge >= 0.3 is 0 Å². The van der Waals surface area contributed by atoms with Crippen molar-refractivity contribution in [2.45, 2.75) is 31.7 Å². The van der Waals surface area contributed by atoms with E-state index in [1.54, 1.807) is 4.68 Å². The third-order valence-electron chi connectivity index (χ3n) is 5.25. The van der Waals surface area contributed by atoms with E-state index >= 15 is 0 Å². The number of aromatic nitrogens is 2. The monoisotopic (exact) mass is 388 g/mol. The fraction of sp³-hybridized carbons (Fsp3) is 0.333. The molecule has 3 aromatic rings. The zero-order chi connectivity index (χ0) is 20.1. The van der Waals surface area contributed by atoms with Gasteiger partial charge in [-0.15, -0.1) is 0 Å². The normalized spacial score (nSPS) is 13.6. The highest BCUT2D eigenvalue weighted by molar-refractivity contribution is 5.93. The van der Waals surface area contributed by atoms with Crippen LogP contribution in [0, 0.1) is 0 Å². The number of nitrogens with zero attached hydrogens (tertiary/aromatic N) is 3. The third-order valence-corrected chi connectivity index (χ3v) is 5.25. The van der Waals surface area contributed by atoms with Gasteiger partial charge < -0.3 is 10.2 Å². The molecule has 0 aliphatic heterocycles. The summed E-state index contributed by atoms with van der Waals surface area (Å²) in [5, 5.41) is 7.79. The molecule has 1 amide bonds. The average Bonchev–Trinajstić information content (AvgIpc) is 3.50. The van der Waals surface area contributed by atoms with E-state index in [2.05, 4.69) is 41.5 Å². The molecule has 0 unspecified atom stereocenters. The quantitative estimate of drug-likeness (QED) is 0.564. The van der Waals surface area contributed by atoms with Crippen LogP contribution in [0.25, 0.3) is 5.69 Å². The number of carbonyl (C=O) groups excluding carboxylic acids is 1. The highest BCUT2D eigenvalue weighted by Gasteiger charge is 2.28. The van der Waals surface area contributed by atoms with Crippen molar-refractivity contribution in [3.63, 3.8) is 0 Å². The van der Waals surface area contributed by atoms with Crippen LogP contribution < -0.4 is 5.32 Å². The average molecular weight is 389 g/mol. The number of hydrogen-bond acceptors (Lipinski definition) is 3. The summed E-state index contributed by atoms with van der Waals surface area (Å²) in [5.74, 6) is 0.456. The first-order chi connectivity index (χ1) is 14.2. The van der Waals surface area contributed by atoms with Crippen LogP contribution in [0.1, 0.15) is 46.9 Å². The predicted octanol–water partition coefficient (Wildman–Crippen LogP) is 4.00. The van der Waals surface area contributed by atoms with Crippen molar-refractivity contribution < 1.29 is 4.79 Å². The van der Waals surface area contributed by atoms with E-state index in [9.17, 15) is 4.79 Å². The Morgan fingerprint density at radius 3 is 2.48 bits per heavy atom. The Kier molecular flexibility index (Phi) is 6.06. The van der Waals surface area contributed by atoms with Gasteiger partial charge in [0.05, 0.1) is 11.4 Å². The maximum atomic E-state index is 12.8. The summed E-state index contributed by atoms with van der Waals surface area (Å²) in [7, 11) is 2.11. The second-order valence-electron chi connectivity index (χ2n) is 7.81. The van der Waals surface area contributed by atoms with Gasteiger partial charge in [0.15, 0.2) is 0 Å². The highest BCUT2D eigenvalue weighted by Crippen LogP contribution is 2.39. The smallest absolute Gasteiger partial charge is 0.270 e. The summed E-state index contributed by atoms with van der Waals surface area (Å²) in [4.78, 5) is 15.1. The number of amides is 1. The molecule has 0 saturated heterocycles. The predicted molar refractivity (Wildman–Crippen MR) is 115 cm³/mol. The summed E-state index contributed by atoms with van der Waals surface area (Å²) in [6, 6.07) is 22.3. The van der Waals surface area contributed by atoms with Crippen LogP contribution in [-0.4, -0.2) is 40.7 Å². The Balaban J connectivity index is 1.32. The lowest BCUT2D eigenvalue weighted by Crippen LogP contribution is -2.29. The van der Waals surface area contributed by atoms with Crippen molar-refractivity contribution in [2.75, 3.05) is 20.1 Å². The molecule has 1 aromatic heterocycles. The Hall–Kier alpha value is -2.92. The fourth-order valence-corrected chi connectivity index (χ4v) is 3.52. The van der Waals surface area contributed by atoms with Crippen LogP contribution in [0.15, 0.2) is 66.7 Å². The van der Waals surface area contributed by atoms with E-state index in [-0.39, 0.29) is 5.91 Å². The molecular formula is C24H28N4O. The summed E-state index contributed by atoms with van der Waals surface area (Å²) in [6.45, 7) is 2.50. The van der Waals surface area contributed by atoms with Gasteiger partial charge in [-0.2, -0.15) is 5.10 Å². The van der Waals surface area contributed by atoms with Gasteiger partial charge in [0.1, 0.15) is 5.69 Å². The van der Waals surface area contributed by atoms with Crippen LogP contribution in [-0.2, 0) is 6.54 Å². The molecule has 5 heteroatoms. The van der Waals surface area contributed by atoms with Crippen LogP contribution in [0.3, 0.4) is 0 Å². The molecule has 29 heavy (non-hydrogen) atoms. The second kappa shape index (κ2) is 9.05. The maximum Gasteiger partial charge on any atom is 0.270 e. The Labute approximate surface area is 172 Å². The third kappa shape index (κ3) is 5.12. The number of benzene rings is 2. The molecule has 2 aromatic carbocycles. The van der Waals surface area contributed by atoms with Crippen molar-refractivity contribution >= 4 is 5.91 Å². The number of nitrogens with one attached hydrogen (secondary N) is 1. The Morgan fingerprint density at radius 1 is 1.10 bits per heavy atom. The van der Waals surface area contributed by atoms with Crippen LogP contribution in [0.2, 0.25) is 0 Å². The number of rotatable bonds is 9. The van der Waals surface area contributed by atoms with Gasteiger partial charge in [-0.25, -0.2) is 4.68 Å². The highest BCUT2D eigenvalue weighted by atomic mass is 16.2. The Bertz CT molecular complexity index is 932. The van der Waals surface area contributed by atoms with E-state index < -0.39 is 0 Å². The zero-order valence-electron chi connectivity index (χ0n) is 16.9. The molecule has 1 heterocycles. The molecule has 1 aliphatic rings. The van der Waals surface area contributed by atoms with Gasteiger partial charge in [-0.3, -0.25) is 4.79 Å². The molecule has 1 fully saturated rings. The minimum absolute atomic E-state index is 0.0565. The van der Waals surface area contributed by atoms with E-state index in [4.69, 9.17) is 5.10 Å². The lowest BCUT2D eigenvalue weighted by Gasteiger charge is -2.16. The number of hydrogen-bond donors (Lipinski definition) is 1. The molecular weight excluding hydrogens is 360 g/mol. The van der Waals surface area contributed by atoms with E-state index in [1.165, 1.54) is 18.4 Å².